The number of hydrogen-bond donors (Lipinski definition) is 0. The van der Waals surface area contributed by atoms with E-state index in [-0.39, 0.29) is 10.8 Å². The highest BCUT2D eigenvalue weighted by Gasteiger charge is 2.38. The number of rotatable bonds is 4. The Bertz CT molecular complexity index is 3080. The van der Waals surface area contributed by atoms with Crippen LogP contribution in [0.3, 0.4) is 0 Å². The normalized spacial score (nSPS) is 14.4. The number of hydrogen-bond acceptors (Lipinski definition) is 2. The van der Waals surface area contributed by atoms with Crippen LogP contribution in [0.15, 0.2) is 170 Å². The summed E-state index contributed by atoms with van der Waals surface area (Å²) in [6.07, 6.45) is 0. The molecule has 9 aromatic rings. The molecule has 56 heavy (non-hydrogen) atoms. The molecule has 1 aromatic heterocycles. The average Bonchev–Trinajstić information content (AvgIpc) is 3.63. The standard InChI is InChI=1S/C54H40N2/c1-53(2)44-23-13-12-21-41(44)51-43(22-14-24-45(51)53)49-32-48(55-52(56-49)34-16-6-5-7-17-34)40-29-28-36(38-19-10-11-20-39(38)40)35-25-27-42-47(31-35)54(3,4)46-30-26-33-15-8-9-18-37(33)50(42)46/h5-32H,1-4H3. The molecule has 0 amide bonds. The van der Waals surface area contributed by atoms with Crippen molar-refractivity contribution in [2.75, 3.05) is 0 Å². The Labute approximate surface area is 328 Å². The van der Waals surface area contributed by atoms with Crippen molar-refractivity contribution < 1.29 is 0 Å². The topological polar surface area (TPSA) is 25.8 Å². The summed E-state index contributed by atoms with van der Waals surface area (Å²) in [6.45, 7) is 9.41. The van der Waals surface area contributed by atoms with Gasteiger partial charge in [0, 0.05) is 27.5 Å². The van der Waals surface area contributed by atoms with Gasteiger partial charge in [-0.05, 0) is 89.3 Å². The molecule has 2 nitrogen and oxygen atoms in total. The van der Waals surface area contributed by atoms with Crippen molar-refractivity contribution in [2.24, 2.45) is 0 Å². The third-order valence-electron chi connectivity index (χ3n) is 12.7. The molecule has 2 heteroatoms. The SMILES string of the molecule is CC1(C)c2ccccc2-c2c(-c3cc(-c4ccc(-c5ccc6c(c5)C(C)(C)c5ccc7ccccc7c5-6)c5ccccc45)nc(-c4ccccc4)n3)cccc21. The summed E-state index contributed by atoms with van der Waals surface area (Å²) in [4.78, 5) is 10.6. The predicted molar refractivity (Wildman–Crippen MR) is 234 cm³/mol. The summed E-state index contributed by atoms with van der Waals surface area (Å²) in [6, 6.07) is 62.0. The van der Waals surface area contributed by atoms with Crippen LogP contribution in [0.2, 0.25) is 0 Å². The number of aromatic nitrogens is 2. The summed E-state index contributed by atoms with van der Waals surface area (Å²) in [5, 5.41) is 5.00. The number of nitrogens with zero attached hydrogens (tertiary/aromatic N) is 2. The van der Waals surface area contributed by atoms with Crippen LogP contribution in [0.25, 0.3) is 88.8 Å². The molecule has 1 heterocycles. The van der Waals surface area contributed by atoms with Gasteiger partial charge in [-0.25, -0.2) is 9.97 Å². The van der Waals surface area contributed by atoms with E-state index < -0.39 is 0 Å². The van der Waals surface area contributed by atoms with E-state index in [0.29, 0.717) is 0 Å². The first-order valence-corrected chi connectivity index (χ1v) is 19.7. The average molecular weight is 717 g/mol. The summed E-state index contributed by atoms with van der Waals surface area (Å²) in [5.41, 5.74) is 18.0. The number of benzene rings is 8. The lowest BCUT2D eigenvalue weighted by atomic mass is 9.81. The van der Waals surface area contributed by atoms with Gasteiger partial charge in [0.25, 0.3) is 0 Å². The molecular weight excluding hydrogens is 677 g/mol. The maximum absolute atomic E-state index is 5.32. The zero-order valence-corrected chi connectivity index (χ0v) is 32.1. The number of fused-ring (bicyclic) bond motifs is 9. The molecule has 2 aliphatic carbocycles. The first-order valence-electron chi connectivity index (χ1n) is 19.7. The third kappa shape index (κ3) is 4.69. The Morgan fingerprint density at radius 3 is 1.73 bits per heavy atom. The second kappa shape index (κ2) is 11.9. The summed E-state index contributed by atoms with van der Waals surface area (Å²) >= 11 is 0. The lowest BCUT2D eigenvalue weighted by Gasteiger charge is -2.22. The highest BCUT2D eigenvalue weighted by atomic mass is 14.9. The van der Waals surface area contributed by atoms with E-state index in [1.165, 1.54) is 77.2 Å². The summed E-state index contributed by atoms with van der Waals surface area (Å²) < 4.78 is 0. The molecule has 0 saturated heterocycles. The van der Waals surface area contributed by atoms with E-state index in [0.717, 1.165) is 33.9 Å². The molecule has 0 bridgehead atoms. The lowest BCUT2D eigenvalue weighted by Crippen LogP contribution is -2.15. The molecular formula is C54H40N2. The fourth-order valence-corrected chi connectivity index (χ4v) is 9.86. The highest BCUT2D eigenvalue weighted by Crippen LogP contribution is 2.54. The molecule has 0 aliphatic heterocycles. The first-order chi connectivity index (χ1) is 27.3. The van der Waals surface area contributed by atoms with Crippen LogP contribution in [0.4, 0.5) is 0 Å². The largest absolute Gasteiger partial charge is 0.228 e. The van der Waals surface area contributed by atoms with Crippen molar-refractivity contribution in [3.8, 4) is 67.3 Å². The van der Waals surface area contributed by atoms with E-state index >= 15 is 0 Å². The van der Waals surface area contributed by atoms with Crippen LogP contribution >= 0.6 is 0 Å². The lowest BCUT2D eigenvalue weighted by molar-refractivity contribution is 0.660. The fraction of sp³-hybridized carbons (Fsp3) is 0.111. The van der Waals surface area contributed by atoms with Gasteiger partial charge >= 0.3 is 0 Å². The van der Waals surface area contributed by atoms with Crippen molar-refractivity contribution in [3.05, 3.63) is 192 Å². The van der Waals surface area contributed by atoms with E-state index in [9.17, 15) is 0 Å². The van der Waals surface area contributed by atoms with Crippen LogP contribution in [0, 0.1) is 0 Å². The van der Waals surface area contributed by atoms with Gasteiger partial charge in [-0.2, -0.15) is 0 Å². The maximum Gasteiger partial charge on any atom is 0.160 e. The summed E-state index contributed by atoms with van der Waals surface area (Å²) in [7, 11) is 0. The highest BCUT2D eigenvalue weighted by molar-refractivity contribution is 6.07. The van der Waals surface area contributed by atoms with E-state index in [2.05, 4.69) is 191 Å². The smallest absolute Gasteiger partial charge is 0.160 e. The van der Waals surface area contributed by atoms with Crippen molar-refractivity contribution in [3.63, 3.8) is 0 Å². The Hall–Kier alpha value is -6.64. The van der Waals surface area contributed by atoms with Gasteiger partial charge in [0.15, 0.2) is 5.82 Å². The molecule has 0 unspecified atom stereocenters. The molecule has 0 fully saturated rings. The molecule has 0 saturated carbocycles. The second-order valence-electron chi connectivity index (χ2n) is 16.5. The monoisotopic (exact) mass is 716 g/mol. The quantitative estimate of drug-likeness (QED) is 0.181. The minimum atomic E-state index is -0.112. The zero-order valence-electron chi connectivity index (χ0n) is 32.1. The molecule has 11 rings (SSSR count). The maximum atomic E-state index is 5.32. The van der Waals surface area contributed by atoms with Gasteiger partial charge < -0.3 is 0 Å². The van der Waals surface area contributed by atoms with Crippen molar-refractivity contribution in [1.29, 1.82) is 0 Å². The molecule has 266 valence electrons. The minimum absolute atomic E-state index is 0.102. The Balaban J connectivity index is 1.09. The van der Waals surface area contributed by atoms with Crippen molar-refractivity contribution >= 4 is 21.5 Å². The summed E-state index contributed by atoms with van der Waals surface area (Å²) in [5.74, 6) is 0.724. The Morgan fingerprint density at radius 1 is 0.339 bits per heavy atom. The van der Waals surface area contributed by atoms with E-state index in [1.807, 2.05) is 6.07 Å². The third-order valence-corrected chi connectivity index (χ3v) is 12.7. The van der Waals surface area contributed by atoms with Gasteiger partial charge in [0.1, 0.15) is 0 Å². The Kier molecular flexibility index (Phi) is 6.98. The van der Waals surface area contributed by atoms with Crippen LogP contribution < -0.4 is 0 Å². The minimum Gasteiger partial charge on any atom is -0.228 e. The first kappa shape index (κ1) is 32.8. The molecule has 2 aliphatic rings. The predicted octanol–water partition coefficient (Wildman–Crippen LogP) is 14.1. The van der Waals surface area contributed by atoms with Gasteiger partial charge in [0.2, 0.25) is 0 Å². The van der Waals surface area contributed by atoms with Crippen LogP contribution in [0.1, 0.15) is 49.9 Å². The van der Waals surface area contributed by atoms with Crippen LogP contribution in [-0.4, -0.2) is 9.97 Å². The van der Waals surface area contributed by atoms with Gasteiger partial charge in [-0.1, -0.05) is 185 Å². The van der Waals surface area contributed by atoms with Gasteiger partial charge in [0.05, 0.1) is 11.4 Å². The van der Waals surface area contributed by atoms with E-state index in [4.69, 9.17) is 9.97 Å². The van der Waals surface area contributed by atoms with E-state index in [1.54, 1.807) is 0 Å². The zero-order chi connectivity index (χ0) is 37.8. The second-order valence-corrected chi connectivity index (χ2v) is 16.5. The Morgan fingerprint density at radius 2 is 0.911 bits per heavy atom. The van der Waals surface area contributed by atoms with Crippen molar-refractivity contribution in [2.45, 2.75) is 38.5 Å². The molecule has 0 radical (unpaired) electrons. The molecule has 8 aromatic carbocycles. The fourth-order valence-electron chi connectivity index (χ4n) is 9.86. The molecule has 0 N–H and O–H groups in total. The van der Waals surface area contributed by atoms with Gasteiger partial charge in [-0.15, -0.1) is 0 Å². The van der Waals surface area contributed by atoms with Crippen LogP contribution in [0.5, 0.6) is 0 Å². The van der Waals surface area contributed by atoms with Gasteiger partial charge in [-0.3, -0.25) is 0 Å². The molecule has 0 spiro atoms. The molecule has 0 atom stereocenters. The van der Waals surface area contributed by atoms with Crippen molar-refractivity contribution in [1.82, 2.24) is 9.97 Å². The van der Waals surface area contributed by atoms with Crippen LogP contribution in [-0.2, 0) is 10.8 Å².